The number of hydrogen-bond acceptors (Lipinski definition) is 6. The van der Waals surface area contributed by atoms with Gasteiger partial charge >= 0.3 is 18.4 Å². The topological polar surface area (TPSA) is 80.5 Å². The molecule has 1 aromatic carbocycles. The van der Waals surface area contributed by atoms with Gasteiger partial charge in [0, 0.05) is 28.9 Å². The van der Waals surface area contributed by atoms with E-state index in [0.717, 1.165) is 41.5 Å². The molecule has 3 aliphatic heterocycles. The largest absolute Gasteiger partial charge is 0.439 e. The number of carbonyl (C=O) groups is 1. The third-order valence-electron chi connectivity index (χ3n) is 9.09. The average molecular weight is 609 g/mol. The second kappa shape index (κ2) is 10.2. The zero-order chi connectivity index (χ0) is 31.0. The van der Waals surface area contributed by atoms with Crippen LogP contribution in [0.5, 0.6) is 0 Å². The van der Waals surface area contributed by atoms with Crippen molar-refractivity contribution in [3.05, 3.63) is 63.7 Å². The molecule has 7 nitrogen and oxygen atoms in total. The Hall–Kier alpha value is -3.77. The van der Waals surface area contributed by atoms with Crippen LogP contribution >= 0.6 is 0 Å². The molecular weight excluding hydrogens is 578 g/mol. The number of ether oxygens (including phenoxy) is 1. The normalized spacial score (nSPS) is 25.4. The summed E-state index contributed by atoms with van der Waals surface area (Å²) in [7, 11) is 0. The fraction of sp³-hybridized carbons (Fsp3) is 0.500. The molecule has 1 saturated carbocycles. The van der Waals surface area contributed by atoms with Crippen LogP contribution in [-0.2, 0) is 23.6 Å². The summed E-state index contributed by atoms with van der Waals surface area (Å²) in [6.45, 7) is 7.38. The van der Waals surface area contributed by atoms with Crippen molar-refractivity contribution in [1.82, 2.24) is 15.0 Å². The number of anilines is 1. The molecule has 1 amide bonds. The minimum Gasteiger partial charge on any atom is -0.439 e. The van der Waals surface area contributed by atoms with Crippen molar-refractivity contribution in [2.45, 2.75) is 90.0 Å². The SMILES string of the molecule is Cc1noc(C)c1-c1cnc2c(CN3C(=O)O[C@H](c4cc(C(F)(F)F)cc(C(F)(F)F)c4)[C@@H]3C)c1C1CCC(N2)C(C)C1. The second-order valence-electron chi connectivity index (χ2n) is 11.9. The lowest BCUT2D eigenvalue weighted by atomic mass is 9.71. The van der Waals surface area contributed by atoms with E-state index in [-0.39, 0.29) is 30.1 Å². The molecule has 7 rings (SSSR count). The fourth-order valence-corrected chi connectivity index (χ4v) is 6.91. The first-order valence-corrected chi connectivity index (χ1v) is 14.1. The van der Waals surface area contributed by atoms with Crippen LogP contribution in [-0.4, -0.2) is 33.2 Å². The van der Waals surface area contributed by atoms with Gasteiger partial charge in [-0.3, -0.25) is 4.90 Å². The molecule has 230 valence electrons. The maximum absolute atomic E-state index is 13.6. The van der Waals surface area contributed by atoms with Crippen molar-refractivity contribution < 1.29 is 40.4 Å². The molecule has 1 aliphatic carbocycles. The molecule has 1 saturated heterocycles. The Morgan fingerprint density at radius 3 is 2.28 bits per heavy atom. The van der Waals surface area contributed by atoms with Crippen LogP contribution in [0.1, 0.15) is 84.4 Å². The molecule has 4 bridgehead atoms. The van der Waals surface area contributed by atoms with Crippen LogP contribution in [0.3, 0.4) is 0 Å². The number of benzene rings is 1. The van der Waals surface area contributed by atoms with E-state index >= 15 is 0 Å². The maximum atomic E-state index is 13.6. The average Bonchev–Trinajstić information content (AvgIpc) is 3.41. The Bertz CT molecular complexity index is 1530. The molecule has 3 aromatic rings. The van der Waals surface area contributed by atoms with E-state index < -0.39 is 41.7 Å². The van der Waals surface area contributed by atoms with Gasteiger partial charge in [0.1, 0.15) is 17.7 Å². The summed E-state index contributed by atoms with van der Waals surface area (Å²) in [5.74, 6) is 1.70. The zero-order valence-electron chi connectivity index (χ0n) is 23.9. The van der Waals surface area contributed by atoms with E-state index in [9.17, 15) is 31.1 Å². The highest BCUT2D eigenvalue weighted by Crippen LogP contribution is 2.49. The summed E-state index contributed by atoms with van der Waals surface area (Å²) < 4.78 is 92.3. The fourth-order valence-electron chi connectivity index (χ4n) is 6.91. The minimum absolute atomic E-state index is 0.00106. The second-order valence-corrected chi connectivity index (χ2v) is 11.9. The molecule has 0 spiro atoms. The third kappa shape index (κ3) is 5.10. The number of nitrogens with one attached hydrogen (secondary N) is 1. The van der Waals surface area contributed by atoms with Crippen LogP contribution in [0.4, 0.5) is 37.0 Å². The number of amides is 1. The minimum atomic E-state index is -5.02. The van der Waals surface area contributed by atoms with Crippen molar-refractivity contribution in [2.75, 3.05) is 5.32 Å². The summed E-state index contributed by atoms with van der Waals surface area (Å²) in [6, 6.07) is 0.586. The maximum Gasteiger partial charge on any atom is 0.416 e. The number of halogens is 6. The molecule has 5 heterocycles. The first kappa shape index (κ1) is 29.3. The first-order chi connectivity index (χ1) is 20.1. The predicted octanol–water partition coefficient (Wildman–Crippen LogP) is 8.17. The molecule has 4 aliphatic rings. The molecule has 3 unspecified atom stereocenters. The summed E-state index contributed by atoms with van der Waals surface area (Å²) in [5.41, 5.74) is 0.754. The summed E-state index contributed by atoms with van der Waals surface area (Å²) in [5, 5.41) is 7.66. The van der Waals surface area contributed by atoms with Gasteiger partial charge in [-0.15, -0.1) is 0 Å². The number of cyclic esters (lactones) is 1. The number of carbonyl (C=O) groups excluding carboxylic acids is 1. The van der Waals surface area contributed by atoms with Crippen molar-refractivity contribution in [2.24, 2.45) is 5.92 Å². The highest BCUT2D eigenvalue weighted by atomic mass is 19.4. The van der Waals surface area contributed by atoms with E-state index in [0.29, 0.717) is 35.3 Å². The third-order valence-corrected chi connectivity index (χ3v) is 9.09. The van der Waals surface area contributed by atoms with E-state index in [4.69, 9.17) is 14.2 Å². The van der Waals surface area contributed by atoms with Gasteiger partial charge in [0.25, 0.3) is 0 Å². The van der Waals surface area contributed by atoms with Gasteiger partial charge in [-0.05, 0) is 81.2 Å². The van der Waals surface area contributed by atoms with E-state index in [1.165, 1.54) is 4.90 Å². The van der Waals surface area contributed by atoms with Crippen molar-refractivity contribution in [3.8, 4) is 11.1 Å². The van der Waals surface area contributed by atoms with Crippen LogP contribution in [0.25, 0.3) is 11.1 Å². The molecular formula is C30H30F6N4O3. The van der Waals surface area contributed by atoms with Gasteiger partial charge in [-0.1, -0.05) is 12.1 Å². The molecule has 5 atom stereocenters. The van der Waals surface area contributed by atoms with Gasteiger partial charge in [0.05, 0.1) is 29.4 Å². The number of rotatable bonds is 4. The lowest BCUT2D eigenvalue weighted by Gasteiger charge is -2.41. The number of fused-ring (bicyclic) bond motifs is 2. The lowest BCUT2D eigenvalue weighted by Crippen LogP contribution is -2.38. The summed E-state index contributed by atoms with van der Waals surface area (Å²) in [4.78, 5) is 19.3. The van der Waals surface area contributed by atoms with Crippen LogP contribution < -0.4 is 5.32 Å². The highest BCUT2D eigenvalue weighted by molar-refractivity contribution is 5.76. The van der Waals surface area contributed by atoms with Crippen LogP contribution in [0.2, 0.25) is 0 Å². The Balaban J connectivity index is 1.42. The van der Waals surface area contributed by atoms with Gasteiger partial charge < -0.3 is 14.6 Å². The highest BCUT2D eigenvalue weighted by Gasteiger charge is 2.45. The van der Waals surface area contributed by atoms with Gasteiger partial charge in [0.2, 0.25) is 0 Å². The number of hydrogen-bond donors (Lipinski definition) is 1. The Morgan fingerprint density at radius 1 is 1.02 bits per heavy atom. The summed E-state index contributed by atoms with van der Waals surface area (Å²) in [6.07, 6.45) is -7.75. The van der Waals surface area contributed by atoms with Crippen molar-refractivity contribution >= 4 is 11.9 Å². The van der Waals surface area contributed by atoms with Crippen LogP contribution in [0.15, 0.2) is 28.9 Å². The van der Waals surface area contributed by atoms with Crippen molar-refractivity contribution in [3.63, 3.8) is 0 Å². The Kier molecular flexibility index (Phi) is 6.92. The molecule has 2 aromatic heterocycles. The standard InChI is InChI=1S/C30H30F6N4O3/c1-13-7-17-5-6-23(13)38-27-22(25(17)21(11-37-27)24-14(2)39-43-16(24)4)12-40-15(3)26(42-28(40)41)18-8-19(29(31,32)33)10-20(9-18)30(34,35)36/h8-11,13,15,17,23,26H,5-7,12H2,1-4H3,(H,37,38)/t13?,15-,17?,23?,26-/m0/s1. The quantitative estimate of drug-likeness (QED) is 0.301. The van der Waals surface area contributed by atoms with E-state index in [1.54, 1.807) is 13.1 Å². The van der Waals surface area contributed by atoms with Gasteiger partial charge in [-0.2, -0.15) is 26.3 Å². The van der Waals surface area contributed by atoms with Gasteiger partial charge in [0.15, 0.2) is 0 Å². The Labute approximate surface area is 243 Å². The number of pyridine rings is 1. The van der Waals surface area contributed by atoms with E-state index in [1.807, 2.05) is 13.8 Å². The molecule has 1 N–H and O–H groups in total. The van der Waals surface area contributed by atoms with Gasteiger partial charge in [-0.25, -0.2) is 9.78 Å². The molecule has 2 fully saturated rings. The molecule has 13 heteroatoms. The van der Waals surface area contributed by atoms with Crippen molar-refractivity contribution in [1.29, 1.82) is 0 Å². The predicted molar refractivity (Wildman–Crippen MR) is 143 cm³/mol. The smallest absolute Gasteiger partial charge is 0.416 e. The first-order valence-electron chi connectivity index (χ1n) is 14.1. The Morgan fingerprint density at radius 2 is 1.70 bits per heavy atom. The lowest BCUT2D eigenvalue weighted by molar-refractivity contribution is -0.143. The molecule has 0 radical (unpaired) electrons. The number of nitrogens with zero attached hydrogens (tertiary/aromatic N) is 3. The summed E-state index contributed by atoms with van der Waals surface area (Å²) >= 11 is 0. The monoisotopic (exact) mass is 608 g/mol. The van der Waals surface area contributed by atoms with E-state index in [2.05, 4.69) is 17.4 Å². The van der Waals surface area contributed by atoms with Crippen LogP contribution in [0, 0.1) is 19.8 Å². The number of alkyl halides is 6. The zero-order valence-corrected chi connectivity index (χ0v) is 23.9. The molecule has 43 heavy (non-hydrogen) atoms. The number of aryl methyl sites for hydroxylation is 2. The number of aromatic nitrogens is 2.